The van der Waals surface area contributed by atoms with Crippen molar-refractivity contribution in [3.8, 4) is 5.75 Å². The van der Waals surface area contributed by atoms with Gasteiger partial charge in [0.1, 0.15) is 5.75 Å². The molecule has 0 aromatic heterocycles. The number of carbonyl (C=O) groups is 2. The molecule has 1 N–H and O–H groups in total. The molecule has 1 heterocycles. The number of ether oxygens (including phenoxy) is 1. The number of hydrogen-bond acceptors (Lipinski definition) is 3. The number of anilines is 1. The molecular formula is C20H22N2O3. The van der Waals surface area contributed by atoms with Crippen molar-refractivity contribution in [2.45, 2.75) is 18.8 Å². The normalized spacial score (nSPS) is 16.3. The highest BCUT2D eigenvalue weighted by Gasteiger charge is 2.33. The van der Waals surface area contributed by atoms with Gasteiger partial charge in [-0.1, -0.05) is 36.4 Å². The van der Waals surface area contributed by atoms with Crippen molar-refractivity contribution in [2.24, 2.45) is 0 Å². The van der Waals surface area contributed by atoms with Crippen LogP contribution in [-0.4, -0.2) is 32.5 Å². The van der Waals surface area contributed by atoms with E-state index in [1.165, 1.54) is 0 Å². The Bertz CT molecular complexity index is 788. The zero-order chi connectivity index (χ0) is 17.8. The van der Waals surface area contributed by atoms with Crippen LogP contribution in [0.3, 0.4) is 0 Å². The standard InChI is InChI=1S/C20H22N2O3/c1-22-17-9-5-4-8-15(17)16(13-19(22)23)20(24)21-12-11-14-7-3-6-10-18(14)25-2/h3-10,16H,11-13H2,1-2H3,(H,21,24). The molecule has 0 bridgehead atoms. The van der Waals surface area contributed by atoms with Gasteiger partial charge in [0, 0.05) is 25.7 Å². The molecule has 2 amide bonds. The SMILES string of the molecule is COc1ccccc1CCNC(=O)C1CC(=O)N(C)c2ccccc21. The molecule has 0 spiro atoms. The molecule has 130 valence electrons. The Morgan fingerprint density at radius 2 is 1.92 bits per heavy atom. The van der Waals surface area contributed by atoms with E-state index in [0.29, 0.717) is 13.0 Å². The Balaban J connectivity index is 1.67. The van der Waals surface area contributed by atoms with E-state index in [4.69, 9.17) is 4.74 Å². The maximum absolute atomic E-state index is 12.6. The third-order valence-corrected chi connectivity index (χ3v) is 4.63. The van der Waals surface area contributed by atoms with Crippen LogP contribution in [0.2, 0.25) is 0 Å². The molecule has 0 saturated carbocycles. The smallest absolute Gasteiger partial charge is 0.228 e. The van der Waals surface area contributed by atoms with Gasteiger partial charge in [-0.3, -0.25) is 9.59 Å². The van der Waals surface area contributed by atoms with Crippen LogP contribution in [0.1, 0.15) is 23.5 Å². The maximum Gasteiger partial charge on any atom is 0.228 e. The molecule has 1 aliphatic rings. The number of benzene rings is 2. The summed E-state index contributed by atoms with van der Waals surface area (Å²) in [6, 6.07) is 15.3. The van der Waals surface area contributed by atoms with E-state index in [-0.39, 0.29) is 18.2 Å². The highest BCUT2D eigenvalue weighted by Crippen LogP contribution is 2.35. The van der Waals surface area contributed by atoms with Crippen LogP contribution in [-0.2, 0) is 16.0 Å². The highest BCUT2D eigenvalue weighted by molar-refractivity contribution is 6.02. The number of para-hydroxylation sites is 2. The fourth-order valence-electron chi connectivity index (χ4n) is 3.23. The lowest BCUT2D eigenvalue weighted by Crippen LogP contribution is -2.39. The quantitative estimate of drug-likeness (QED) is 0.911. The van der Waals surface area contributed by atoms with Gasteiger partial charge in [-0.2, -0.15) is 0 Å². The number of amides is 2. The van der Waals surface area contributed by atoms with Crippen LogP contribution in [0.25, 0.3) is 0 Å². The van der Waals surface area contributed by atoms with Gasteiger partial charge < -0.3 is 15.0 Å². The molecule has 0 aliphatic carbocycles. The Kier molecular flexibility index (Phi) is 5.03. The molecule has 0 saturated heterocycles. The molecule has 2 aromatic rings. The predicted octanol–water partition coefficient (Wildman–Crippen LogP) is 2.50. The van der Waals surface area contributed by atoms with E-state index in [1.807, 2.05) is 48.5 Å². The summed E-state index contributed by atoms with van der Waals surface area (Å²) in [4.78, 5) is 26.4. The molecule has 0 radical (unpaired) electrons. The fourth-order valence-corrected chi connectivity index (χ4v) is 3.23. The molecule has 25 heavy (non-hydrogen) atoms. The molecule has 1 atom stereocenters. The number of carbonyl (C=O) groups excluding carboxylic acids is 2. The average molecular weight is 338 g/mol. The van der Waals surface area contributed by atoms with E-state index in [0.717, 1.165) is 22.6 Å². The van der Waals surface area contributed by atoms with Crippen molar-refractivity contribution in [1.82, 2.24) is 5.32 Å². The second kappa shape index (κ2) is 7.38. The van der Waals surface area contributed by atoms with Crippen molar-refractivity contribution >= 4 is 17.5 Å². The van der Waals surface area contributed by atoms with E-state index in [2.05, 4.69) is 5.32 Å². The van der Waals surface area contributed by atoms with Crippen molar-refractivity contribution < 1.29 is 14.3 Å². The first-order valence-corrected chi connectivity index (χ1v) is 8.37. The Morgan fingerprint density at radius 3 is 2.72 bits per heavy atom. The van der Waals surface area contributed by atoms with Gasteiger partial charge in [0.05, 0.1) is 13.0 Å². The summed E-state index contributed by atoms with van der Waals surface area (Å²) in [5, 5.41) is 2.96. The lowest BCUT2D eigenvalue weighted by atomic mass is 9.89. The maximum atomic E-state index is 12.6. The number of hydrogen-bond donors (Lipinski definition) is 1. The van der Waals surface area contributed by atoms with Crippen LogP contribution < -0.4 is 15.0 Å². The molecule has 5 heteroatoms. The van der Waals surface area contributed by atoms with Crippen LogP contribution in [0.15, 0.2) is 48.5 Å². The predicted molar refractivity (Wildman–Crippen MR) is 96.9 cm³/mol. The van der Waals surface area contributed by atoms with Crippen LogP contribution in [0.4, 0.5) is 5.69 Å². The molecule has 3 rings (SSSR count). The summed E-state index contributed by atoms with van der Waals surface area (Å²) in [5.41, 5.74) is 2.76. The minimum atomic E-state index is -0.433. The summed E-state index contributed by atoms with van der Waals surface area (Å²) >= 11 is 0. The number of fused-ring (bicyclic) bond motifs is 1. The Hall–Kier alpha value is -2.82. The van der Waals surface area contributed by atoms with Gasteiger partial charge in [0.25, 0.3) is 0 Å². The summed E-state index contributed by atoms with van der Waals surface area (Å²) in [6.07, 6.45) is 0.881. The van der Waals surface area contributed by atoms with Gasteiger partial charge in [-0.25, -0.2) is 0 Å². The second-order valence-corrected chi connectivity index (χ2v) is 6.12. The van der Waals surface area contributed by atoms with Gasteiger partial charge >= 0.3 is 0 Å². The summed E-state index contributed by atoms with van der Waals surface area (Å²) in [7, 11) is 3.38. The zero-order valence-corrected chi connectivity index (χ0v) is 14.5. The monoisotopic (exact) mass is 338 g/mol. The first kappa shape index (κ1) is 17.0. The first-order valence-electron chi connectivity index (χ1n) is 8.37. The molecule has 5 nitrogen and oxygen atoms in total. The number of nitrogens with zero attached hydrogens (tertiary/aromatic N) is 1. The van der Waals surface area contributed by atoms with Crippen LogP contribution >= 0.6 is 0 Å². The molecular weight excluding hydrogens is 316 g/mol. The summed E-state index contributed by atoms with van der Waals surface area (Å²) in [5.74, 6) is 0.238. The van der Waals surface area contributed by atoms with Gasteiger partial charge in [-0.05, 0) is 29.7 Å². The van der Waals surface area contributed by atoms with E-state index in [9.17, 15) is 9.59 Å². The fraction of sp³-hybridized carbons (Fsp3) is 0.300. The van der Waals surface area contributed by atoms with Gasteiger partial charge in [-0.15, -0.1) is 0 Å². The van der Waals surface area contributed by atoms with Crippen molar-refractivity contribution in [3.05, 3.63) is 59.7 Å². The van der Waals surface area contributed by atoms with Crippen molar-refractivity contribution in [3.63, 3.8) is 0 Å². The number of nitrogens with one attached hydrogen (secondary N) is 1. The van der Waals surface area contributed by atoms with Gasteiger partial charge in [0.2, 0.25) is 11.8 Å². The largest absolute Gasteiger partial charge is 0.496 e. The molecule has 0 fully saturated rings. The average Bonchev–Trinajstić information content (AvgIpc) is 2.65. The lowest BCUT2D eigenvalue weighted by Gasteiger charge is -2.30. The minimum absolute atomic E-state index is 0.0384. The van der Waals surface area contributed by atoms with E-state index < -0.39 is 5.92 Å². The summed E-state index contributed by atoms with van der Waals surface area (Å²) in [6.45, 7) is 0.502. The third-order valence-electron chi connectivity index (χ3n) is 4.63. The first-order chi connectivity index (χ1) is 12.1. The lowest BCUT2D eigenvalue weighted by molar-refractivity contribution is -0.127. The van der Waals surface area contributed by atoms with Gasteiger partial charge in [0.15, 0.2) is 0 Å². The second-order valence-electron chi connectivity index (χ2n) is 6.12. The number of rotatable bonds is 5. The Morgan fingerprint density at radius 1 is 1.20 bits per heavy atom. The molecule has 2 aromatic carbocycles. The van der Waals surface area contributed by atoms with Crippen LogP contribution in [0, 0.1) is 0 Å². The third kappa shape index (κ3) is 3.50. The van der Waals surface area contributed by atoms with Crippen molar-refractivity contribution in [1.29, 1.82) is 0 Å². The Labute approximate surface area is 147 Å². The summed E-state index contributed by atoms with van der Waals surface area (Å²) < 4.78 is 5.33. The topological polar surface area (TPSA) is 58.6 Å². The molecule has 1 aliphatic heterocycles. The van der Waals surface area contributed by atoms with Crippen LogP contribution in [0.5, 0.6) is 5.75 Å². The number of methoxy groups -OCH3 is 1. The van der Waals surface area contributed by atoms with Crippen molar-refractivity contribution in [2.75, 3.05) is 25.6 Å². The van der Waals surface area contributed by atoms with E-state index >= 15 is 0 Å². The molecule has 1 unspecified atom stereocenters. The zero-order valence-electron chi connectivity index (χ0n) is 14.5. The minimum Gasteiger partial charge on any atom is -0.496 e. The highest BCUT2D eigenvalue weighted by atomic mass is 16.5. The van der Waals surface area contributed by atoms with E-state index in [1.54, 1.807) is 19.1 Å².